The first-order chi connectivity index (χ1) is 8.59. The Bertz CT molecular complexity index is 367. The number of amides is 1. The van der Waals surface area contributed by atoms with Crippen LogP contribution in [0.5, 0.6) is 0 Å². The van der Waals surface area contributed by atoms with Gasteiger partial charge in [0.25, 0.3) is 0 Å². The molecule has 0 heterocycles. The van der Waals surface area contributed by atoms with Crippen molar-refractivity contribution in [3.63, 3.8) is 0 Å². The summed E-state index contributed by atoms with van der Waals surface area (Å²) in [5, 5.41) is 15.0. The third-order valence-electron chi connectivity index (χ3n) is 3.18. The minimum atomic E-state index is -0.192. The second-order valence-corrected chi connectivity index (χ2v) is 4.66. The van der Waals surface area contributed by atoms with Crippen LogP contribution >= 0.6 is 0 Å². The van der Waals surface area contributed by atoms with Crippen LogP contribution < -0.4 is 10.6 Å². The van der Waals surface area contributed by atoms with Crippen LogP contribution in [0.25, 0.3) is 0 Å². The zero-order valence-electron chi connectivity index (χ0n) is 11.1. The highest BCUT2D eigenvalue weighted by Gasteiger charge is 2.21. The molecule has 1 unspecified atom stereocenters. The van der Waals surface area contributed by atoms with Gasteiger partial charge in [0.2, 0.25) is 5.91 Å². The quantitative estimate of drug-likeness (QED) is 0.691. The SMILES string of the molecule is CCC(C)(CCO)NCC(=O)Nc1ccccc1. The van der Waals surface area contributed by atoms with E-state index in [2.05, 4.69) is 10.6 Å². The van der Waals surface area contributed by atoms with Crippen LogP contribution in [-0.4, -0.2) is 29.7 Å². The zero-order valence-corrected chi connectivity index (χ0v) is 11.1. The van der Waals surface area contributed by atoms with Crippen LogP contribution in [0, 0.1) is 0 Å². The third kappa shape index (κ3) is 4.85. The van der Waals surface area contributed by atoms with E-state index < -0.39 is 0 Å². The Labute approximate surface area is 108 Å². The lowest BCUT2D eigenvalue weighted by Gasteiger charge is -2.28. The van der Waals surface area contributed by atoms with Gasteiger partial charge in [-0.3, -0.25) is 4.79 Å². The lowest BCUT2D eigenvalue weighted by Crippen LogP contribution is -2.46. The fourth-order valence-electron chi connectivity index (χ4n) is 1.66. The van der Waals surface area contributed by atoms with Gasteiger partial charge in [0.1, 0.15) is 0 Å². The van der Waals surface area contributed by atoms with Gasteiger partial charge >= 0.3 is 0 Å². The van der Waals surface area contributed by atoms with Gasteiger partial charge in [-0.25, -0.2) is 0 Å². The van der Waals surface area contributed by atoms with E-state index in [1.807, 2.05) is 44.2 Å². The predicted molar refractivity (Wildman–Crippen MR) is 73.5 cm³/mol. The van der Waals surface area contributed by atoms with E-state index in [4.69, 9.17) is 5.11 Å². The summed E-state index contributed by atoms with van der Waals surface area (Å²) in [6.45, 7) is 4.42. The van der Waals surface area contributed by atoms with E-state index in [0.717, 1.165) is 12.1 Å². The fourth-order valence-corrected chi connectivity index (χ4v) is 1.66. The van der Waals surface area contributed by atoms with E-state index in [0.29, 0.717) is 6.42 Å². The largest absolute Gasteiger partial charge is 0.396 e. The molecule has 1 amide bonds. The maximum Gasteiger partial charge on any atom is 0.238 e. The first-order valence-electron chi connectivity index (χ1n) is 6.30. The van der Waals surface area contributed by atoms with Gasteiger partial charge in [-0.2, -0.15) is 0 Å². The highest BCUT2D eigenvalue weighted by molar-refractivity contribution is 5.92. The Kier molecular flexibility index (Phi) is 5.82. The summed E-state index contributed by atoms with van der Waals surface area (Å²) in [6.07, 6.45) is 1.51. The molecule has 1 rings (SSSR count). The minimum Gasteiger partial charge on any atom is -0.396 e. The molecule has 1 aromatic rings. The first kappa shape index (κ1) is 14.7. The molecular weight excluding hydrogens is 228 g/mol. The number of carbonyl (C=O) groups excluding carboxylic acids is 1. The number of hydrogen-bond acceptors (Lipinski definition) is 3. The monoisotopic (exact) mass is 250 g/mol. The van der Waals surface area contributed by atoms with Crippen LogP contribution in [0.4, 0.5) is 5.69 Å². The van der Waals surface area contributed by atoms with Gasteiger partial charge in [-0.15, -0.1) is 0 Å². The topological polar surface area (TPSA) is 61.4 Å². The van der Waals surface area contributed by atoms with Crippen LogP contribution in [0.1, 0.15) is 26.7 Å². The van der Waals surface area contributed by atoms with E-state index >= 15 is 0 Å². The number of para-hydroxylation sites is 1. The molecule has 4 nitrogen and oxygen atoms in total. The number of hydrogen-bond donors (Lipinski definition) is 3. The molecule has 0 saturated heterocycles. The Morgan fingerprint density at radius 1 is 1.33 bits per heavy atom. The molecule has 0 saturated carbocycles. The summed E-state index contributed by atoms with van der Waals surface area (Å²) >= 11 is 0. The van der Waals surface area contributed by atoms with Gasteiger partial charge < -0.3 is 15.7 Å². The predicted octanol–water partition coefficient (Wildman–Crippen LogP) is 1.77. The van der Waals surface area contributed by atoms with Crippen molar-refractivity contribution in [2.75, 3.05) is 18.5 Å². The summed E-state index contributed by atoms with van der Waals surface area (Å²) in [6, 6.07) is 9.37. The van der Waals surface area contributed by atoms with Crippen LogP contribution in [-0.2, 0) is 4.79 Å². The molecule has 0 radical (unpaired) electrons. The average molecular weight is 250 g/mol. The van der Waals surface area contributed by atoms with Gasteiger partial charge in [0.15, 0.2) is 0 Å². The highest BCUT2D eigenvalue weighted by Crippen LogP contribution is 2.13. The smallest absolute Gasteiger partial charge is 0.238 e. The normalized spacial score (nSPS) is 13.9. The van der Waals surface area contributed by atoms with Crippen molar-refractivity contribution in [2.45, 2.75) is 32.2 Å². The molecule has 1 atom stereocenters. The van der Waals surface area contributed by atoms with Gasteiger partial charge in [-0.05, 0) is 31.9 Å². The Morgan fingerprint density at radius 3 is 2.56 bits per heavy atom. The lowest BCUT2D eigenvalue weighted by atomic mass is 9.95. The van der Waals surface area contributed by atoms with E-state index in [-0.39, 0.29) is 24.6 Å². The number of anilines is 1. The van der Waals surface area contributed by atoms with E-state index in [1.165, 1.54) is 0 Å². The fraction of sp³-hybridized carbons (Fsp3) is 0.500. The highest BCUT2D eigenvalue weighted by atomic mass is 16.3. The number of aliphatic hydroxyl groups is 1. The lowest BCUT2D eigenvalue weighted by molar-refractivity contribution is -0.115. The van der Waals surface area contributed by atoms with Gasteiger partial charge in [0.05, 0.1) is 6.54 Å². The van der Waals surface area contributed by atoms with Crippen LogP contribution in [0.2, 0.25) is 0 Å². The van der Waals surface area contributed by atoms with E-state index in [1.54, 1.807) is 0 Å². The summed E-state index contributed by atoms with van der Waals surface area (Å²) in [7, 11) is 0. The molecule has 0 aliphatic heterocycles. The molecule has 100 valence electrons. The van der Waals surface area contributed by atoms with Crippen molar-refractivity contribution < 1.29 is 9.90 Å². The van der Waals surface area contributed by atoms with Gasteiger partial charge in [0, 0.05) is 17.8 Å². The number of benzene rings is 1. The molecule has 0 aromatic heterocycles. The van der Waals surface area contributed by atoms with Crippen molar-refractivity contribution in [2.24, 2.45) is 0 Å². The standard InChI is InChI=1S/C14H22N2O2/c1-3-14(2,9-10-17)15-11-13(18)16-12-7-5-4-6-8-12/h4-8,15,17H,3,9-11H2,1-2H3,(H,16,18). The number of rotatable bonds is 7. The second-order valence-electron chi connectivity index (χ2n) is 4.66. The zero-order chi connectivity index (χ0) is 13.4. The first-order valence-corrected chi connectivity index (χ1v) is 6.30. The summed E-state index contributed by atoms with van der Waals surface area (Å²) in [4.78, 5) is 11.7. The Hall–Kier alpha value is -1.39. The molecule has 0 aliphatic carbocycles. The van der Waals surface area contributed by atoms with Gasteiger partial charge in [-0.1, -0.05) is 25.1 Å². The molecule has 18 heavy (non-hydrogen) atoms. The molecule has 1 aromatic carbocycles. The average Bonchev–Trinajstić information content (AvgIpc) is 2.38. The molecule has 0 bridgehead atoms. The molecule has 3 N–H and O–H groups in total. The van der Waals surface area contributed by atoms with Crippen molar-refractivity contribution >= 4 is 11.6 Å². The van der Waals surface area contributed by atoms with Crippen LogP contribution in [0.15, 0.2) is 30.3 Å². The summed E-state index contributed by atoms with van der Waals surface area (Å²) < 4.78 is 0. The van der Waals surface area contributed by atoms with E-state index in [9.17, 15) is 4.79 Å². The molecule has 4 heteroatoms. The number of carbonyl (C=O) groups is 1. The maximum atomic E-state index is 11.7. The second kappa shape index (κ2) is 7.13. The molecule has 0 aliphatic rings. The summed E-state index contributed by atoms with van der Waals surface area (Å²) in [5.41, 5.74) is 0.604. The van der Waals surface area contributed by atoms with Crippen molar-refractivity contribution in [1.29, 1.82) is 0 Å². The molecule has 0 fully saturated rings. The molecular formula is C14H22N2O2. The Morgan fingerprint density at radius 2 is 2.00 bits per heavy atom. The maximum absolute atomic E-state index is 11.7. The summed E-state index contributed by atoms with van der Waals surface area (Å²) in [5.74, 6) is -0.0705. The minimum absolute atomic E-state index is 0.0705. The number of nitrogens with one attached hydrogen (secondary N) is 2. The van der Waals surface area contributed by atoms with Crippen molar-refractivity contribution in [3.05, 3.63) is 30.3 Å². The third-order valence-corrected chi connectivity index (χ3v) is 3.18. The Balaban J connectivity index is 2.41. The van der Waals surface area contributed by atoms with Crippen molar-refractivity contribution in [1.82, 2.24) is 5.32 Å². The molecule has 0 spiro atoms. The van der Waals surface area contributed by atoms with Crippen LogP contribution in [0.3, 0.4) is 0 Å². The number of aliphatic hydroxyl groups excluding tert-OH is 1. The van der Waals surface area contributed by atoms with Crippen molar-refractivity contribution in [3.8, 4) is 0 Å².